The first-order valence-electron chi connectivity index (χ1n) is 16.9. The Kier molecular flexibility index (Phi) is 12.3. The standard InChI is InChI=1S/C42H41ClF2O5/c1-2-47-36-21-18-30(19-22-36)24-35-25-34(20-23-37(35)43)39-40(48-27-32-14-8-4-9-15-32)41(49-28-33-16-10-5-11-17-33)42(44,45)38(50-39)29-46-26-31-12-6-3-7-13-31/h3-23,25,38-41H,2,24,26-29H2,1H3. The zero-order valence-corrected chi connectivity index (χ0v) is 28.7. The minimum absolute atomic E-state index is 0.0276. The molecule has 1 fully saturated rings. The highest BCUT2D eigenvalue weighted by molar-refractivity contribution is 6.31. The molecule has 1 heterocycles. The van der Waals surface area contributed by atoms with E-state index in [1.165, 1.54) is 0 Å². The zero-order valence-electron chi connectivity index (χ0n) is 27.9. The second-order valence-electron chi connectivity index (χ2n) is 12.3. The molecular formula is C42H41ClF2O5. The topological polar surface area (TPSA) is 46.2 Å². The molecule has 50 heavy (non-hydrogen) atoms. The van der Waals surface area contributed by atoms with Crippen molar-refractivity contribution in [3.63, 3.8) is 0 Å². The number of hydrogen-bond donors (Lipinski definition) is 0. The average Bonchev–Trinajstić information content (AvgIpc) is 3.14. The van der Waals surface area contributed by atoms with Crippen molar-refractivity contribution < 1.29 is 32.5 Å². The molecule has 6 rings (SSSR count). The van der Waals surface area contributed by atoms with Gasteiger partial charge in [0.1, 0.15) is 24.1 Å². The van der Waals surface area contributed by atoms with E-state index in [4.69, 9.17) is 35.3 Å². The molecule has 0 amide bonds. The van der Waals surface area contributed by atoms with E-state index in [1.54, 1.807) is 6.07 Å². The lowest BCUT2D eigenvalue weighted by Gasteiger charge is -2.46. The Hall–Kier alpha value is -4.11. The van der Waals surface area contributed by atoms with Crippen LogP contribution >= 0.6 is 11.6 Å². The number of hydrogen-bond acceptors (Lipinski definition) is 5. The van der Waals surface area contributed by atoms with Crippen molar-refractivity contribution in [1.29, 1.82) is 0 Å². The minimum Gasteiger partial charge on any atom is -0.494 e. The molecule has 0 aromatic heterocycles. The number of rotatable bonds is 15. The van der Waals surface area contributed by atoms with Gasteiger partial charge in [-0.15, -0.1) is 0 Å². The first-order valence-corrected chi connectivity index (χ1v) is 17.2. The van der Waals surface area contributed by atoms with E-state index in [1.807, 2.05) is 134 Å². The summed E-state index contributed by atoms with van der Waals surface area (Å²) in [6.45, 7) is 2.40. The van der Waals surface area contributed by atoms with Crippen LogP contribution in [0, 0.1) is 0 Å². The highest BCUT2D eigenvalue weighted by Crippen LogP contribution is 2.45. The predicted molar refractivity (Wildman–Crippen MR) is 191 cm³/mol. The predicted octanol–water partition coefficient (Wildman–Crippen LogP) is 9.79. The summed E-state index contributed by atoms with van der Waals surface area (Å²) in [5.41, 5.74) is 5.00. The van der Waals surface area contributed by atoms with Gasteiger partial charge in [-0.3, -0.25) is 0 Å². The van der Waals surface area contributed by atoms with Crippen LogP contribution in [-0.2, 0) is 45.2 Å². The summed E-state index contributed by atoms with van der Waals surface area (Å²) in [5.74, 6) is -2.67. The molecule has 5 aromatic carbocycles. The van der Waals surface area contributed by atoms with Gasteiger partial charge in [-0.1, -0.05) is 127 Å². The molecule has 4 unspecified atom stereocenters. The van der Waals surface area contributed by atoms with Gasteiger partial charge in [-0.05, 0) is 64.9 Å². The zero-order chi connectivity index (χ0) is 34.8. The third-order valence-electron chi connectivity index (χ3n) is 8.68. The number of ether oxygens (including phenoxy) is 5. The lowest BCUT2D eigenvalue weighted by molar-refractivity contribution is -0.319. The second kappa shape index (κ2) is 17.2. The van der Waals surface area contributed by atoms with Gasteiger partial charge >= 0.3 is 5.92 Å². The highest BCUT2D eigenvalue weighted by atomic mass is 35.5. The first-order chi connectivity index (χ1) is 24.4. The van der Waals surface area contributed by atoms with E-state index in [-0.39, 0.29) is 26.4 Å². The van der Waals surface area contributed by atoms with E-state index < -0.39 is 30.3 Å². The Bertz CT molecular complexity index is 1760. The Morgan fingerprint density at radius 1 is 0.680 bits per heavy atom. The molecule has 1 saturated heterocycles. The number of halogens is 3. The molecule has 0 saturated carbocycles. The average molecular weight is 699 g/mol. The fourth-order valence-corrected chi connectivity index (χ4v) is 6.27. The van der Waals surface area contributed by atoms with Crippen molar-refractivity contribution in [2.24, 2.45) is 0 Å². The van der Waals surface area contributed by atoms with Gasteiger partial charge in [0.25, 0.3) is 0 Å². The maximum Gasteiger partial charge on any atom is 0.304 e. The quantitative estimate of drug-likeness (QED) is 0.109. The summed E-state index contributed by atoms with van der Waals surface area (Å²) in [6.07, 6.45) is -4.83. The molecular weight excluding hydrogens is 658 g/mol. The Labute approximate surface area is 297 Å². The van der Waals surface area contributed by atoms with Gasteiger partial charge in [-0.2, -0.15) is 0 Å². The van der Waals surface area contributed by atoms with Crippen molar-refractivity contribution in [3.05, 3.63) is 172 Å². The summed E-state index contributed by atoms with van der Waals surface area (Å²) in [7, 11) is 0. The lowest BCUT2D eigenvalue weighted by atomic mass is 9.88. The van der Waals surface area contributed by atoms with E-state index in [9.17, 15) is 0 Å². The molecule has 260 valence electrons. The Morgan fingerprint density at radius 3 is 1.86 bits per heavy atom. The Balaban J connectivity index is 1.33. The molecule has 1 aliphatic heterocycles. The monoisotopic (exact) mass is 698 g/mol. The van der Waals surface area contributed by atoms with Crippen LogP contribution in [-0.4, -0.2) is 37.4 Å². The fraction of sp³-hybridized carbons (Fsp3) is 0.286. The van der Waals surface area contributed by atoms with E-state index >= 15 is 8.78 Å². The molecule has 0 N–H and O–H groups in total. The molecule has 0 spiro atoms. The van der Waals surface area contributed by atoms with Gasteiger partial charge in [0.15, 0.2) is 6.10 Å². The summed E-state index contributed by atoms with van der Waals surface area (Å²) in [6, 6.07) is 41.5. The van der Waals surface area contributed by atoms with Crippen molar-refractivity contribution in [2.45, 2.75) is 63.5 Å². The maximum absolute atomic E-state index is 16.7. The van der Waals surface area contributed by atoms with Gasteiger partial charge < -0.3 is 23.7 Å². The maximum atomic E-state index is 16.7. The third-order valence-corrected chi connectivity index (χ3v) is 9.05. The molecule has 5 nitrogen and oxygen atoms in total. The van der Waals surface area contributed by atoms with Crippen LogP contribution < -0.4 is 4.74 Å². The molecule has 0 bridgehead atoms. The number of benzene rings is 5. The fourth-order valence-electron chi connectivity index (χ4n) is 6.09. The van der Waals surface area contributed by atoms with Gasteiger partial charge in [0.2, 0.25) is 0 Å². The van der Waals surface area contributed by atoms with Gasteiger partial charge in [0, 0.05) is 5.02 Å². The number of alkyl halides is 2. The van der Waals surface area contributed by atoms with E-state index in [0.717, 1.165) is 33.6 Å². The lowest BCUT2D eigenvalue weighted by Crippen LogP contribution is -2.61. The summed E-state index contributed by atoms with van der Waals surface area (Å²) in [4.78, 5) is 0. The normalized spacial score (nSPS) is 20.0. The molecule has 0 radical (unpaired) electrons. The van der Waals surface area contributed by atoms with Gasteiger partial charge in [0.05, 0.1) is 33.0 Å². The largest absolute Gasteiger partial charge is 0.494 e. The first kappa shape index (κ1) is 35.7. The molecule has 8 heteroatoms. The molecule has 5 aromatic rings. The van der Waals surface area contributed by atoms with Crippen molar-refractivity contribution in [1.82, 2.24) is 0 Å². The van der Waals surface area contributed by atoms with Crippen LogP contribution in [0.2, 0.25) is 5.02 Å². The van der Waals surface area contributed by atoms with Crippen LogP contribution in [0.5, 0.6) is 5.75 Å². The van der Waals surface area contributed by atoms with Crippen LogP contribution in [0.25, 0.3) is 0 Å². The van der Waals surface area contributed by atoms with E-state index in [2.05, 4.69) is 0 Å². The molecule has 1 aliphatic rings. The summed E-state index contributed by atoms with van der Waals surface area (Å²) in [5, 5.41) is 0.560. The highest BCUT2D eigenvalue weighted by Gasteiger charge is 2.60. The van der Waals surface area contributed by atoms with Crippen LogP contribution in [0.3, 0.4) is 0 Å². The van der Waals surface area contributed by atoms with Crippen LogP contribution in [0.4, 0.5) is 8.78 Å². The molecule has 4 atom stereocenters. The third kappa shape index (κ3) is 9.16. The summed E-state index contributed by atoms with van der Waals surface area (Å²) >= 11 is 6.73. The second-order valence-corrected chi connectivity index (χ2v) is 12.7. The van der Waals surface area contributed by atoms with E-state index in [0.29, 0.717) is 23.6 Å². The van der Waals surface area contributed by atoms with Crippen molar-refractivity contribution in [2.75, 3.05) is 13.2 Å². The minimum atomic E-state index is -3.46. The smallest absolute Gasteiger partial charge is 0.304 e. The van der Waals surface area contributed by atoms with Gasteiger partial charge in [-0.25, -0.2) is 8.78 Å². The Morgan fingerprint density at radius 2 is 1.26 bits per heavy atom. The van der Waals surface area contributed by atoms with Crippen molar-refractivity contribution in [3.8, 4) is 5.75 Å². The SMILES string of the molecule is CCOc1ccc(Cc2cc(C3OC(COCc4ccccc4)C(F)(F)C(OCc4ccccc4)C3OCc3ccccc3)ccc2Cl)cc1. The van der Waals surface area contributed by atoms with Crippen LogP contribution in [0.15, 0.2) is 133 Å². The molecule has 0 aliphatic carbocycles. The summed E-state index contributed by atoms with van der Waals surface area (Å²) < 4.78 is 63.8. The van der Waals surface area contributed by atoms with Crippen molar-refractivity contribution >= 4 is 11.6 Å². The van der Waals surface area contributed by atoms with Crippen LogP contribution in [0.1, 0.15) is 46.4 Å².